The highest BCUT2D eigenvalue weighted by Crippen LogP contribution is 2.36. The Morgan fingerprint density at radius 3 is 2.20 bits per heavy atom. The Kier molecular flexibility index (Phi) is 7.29. The lowest BCUT2D eigenvalue weighted by atomic mass is 9.83. The van der Waals surface area contributed by atoms with Gasteiger partial charge in [-0.3, -0.25) is 4.90 Å². The predicted molar refractivity (Wildman–Crippen MR) is 142 cm³/mol. The molecular formula is C31H35N2O2+. The molecule has 0 aliphatic carbocycles. The summed E-state index contributed by atoms with van der Waals surface area (Å²) in [5, 5.41) is 0. The zero-order chi connectivity index (χ0) is 23.9. The van der Waals surface area contributed by atoms with Gasteiger partial charge in [0.25, 0.3) is 0 Å². The number of carbonyl (C=O) groups excluding carboxylic acids is 1. The molecule has 3 aliphatic rings. The Bertz CT molecular complexity index is 1110. The summed E-state index contributed by atoms with van der Waals surface area (Å²) in [4.78, 5) is 15.3. The van der Waals surface area contributed by atoms with Gasteiger partial charge in [-0.05, 0) is 35.8 Å². The van der Waals surface area contributed by atoms with Gasteiger partial charge in [-0.2, -0.15) is 0 Å². The van der Waals surface area contributed by atoms with Crippen molar-refractivity contribution in [3.05, 3.63) is 108 Å². The van der Waals surface area contributed by atoms with Crippen molar-refractivity contribution in [1.82, 2.24) is 0 Å². The Balaban J connectivity index is 1.25. The maximum atomic E-state index is 13.5. The Hall–Kier alpha value is -3.37. The maximum Gasteiger partial charge on any atom is 0.414 e. The molecule has 0 radical (unpaired) electrons. The smallest absolute Gasteiger partial charge is 0.414 e. The van der Waals surface area contributed by atoms with Crippen LogP contribution < -0.4 is 4.90 Å². The molecule has 3 aromatic rings. The van der Waals surface area contributed by atoms with Crippen molar-refractivity contribution < 1.29 is 14.0 Å². The number of para-hydroxylation sites is 1. The van der Waals surface area contributed by atoms with Crippen LogP contribution in [-0.2, 0) is 11.2 Å². The summed E-state index contributed by atoms with van der Waals surface area (Å²) in [6, 6.07) is 30.7. The third-order valence-electron chi connectivity index (χ3n) is 7.65. The van der Waals surface area contributed by atoms with Crippen LogP contribution in [0.4, 0.5) is 10.5 Å². The fourth-order valence-corrected chi connectivity index (χ4v) is 5.60. The van der Waals surface area contributed by atoms with Gasteiger partial charge in [0.1, 0.15) is 6.54 Å². The van der Waals surface area contributed by atoms with Gasteiger partial charge in [0, 0.05) is 31.0 Å². The van der Waals surface area contributed by atoms with Crippen LogP contribution in [-0.4, -0.2) is 49.4 Å². The predicted octanol–water partition coefficient (Wildman–Crippen LogP) is 6.19. The van der Waals surface area contributed by atoms with Crippen LogP contribution in [0.2, 0.25) is 0 Å². The molecule has 3 aliphatic heterocycles. The lowest BCUT2D eigenvalue weighted by Crippen LogP contribution is -2.64. The summed E-state index contributed by atoms with van der Waals surface area (Å²) in [6.07, 6.45) is 7.34. The summed E-state index contributed by atoms with van der Waals surface area (Å²) >= 11 is 0. The minimum atomic E-state index is -0.219. The first kappa shape index (κ1) is 23.4. The van der Waals surface area contributed by atoms with Crippen LogP contribution in [0.1, 0.15) is 24.0 Å². The second kappa shape index (κ2) is 10.9. The van der Waals surface area contributed by atoms with E-state index >= 15 is 0 Å². The van der Waals surface area contributed by atoms with Gasteiger partial charge < -0.3 is 9.22 Å². The summed E-state index contributed by atoms with van der Waals surface area (Å²) in [7, 11) is 0. The Labute approximate surface area is 209 Å². The number of piperidine rings is 3. The van der Waals surface area contributed by atoms with Crippen molar-refractivity contribution in [2.45, 2.75) is 25.4 Å². The number of anilines is 1. The van der Waals surface area contributed by atoms with E-state index in [0.717, 1.165) is 42.5 Å². The standard InChI is InChI=1S/C31H35N2O2/c34-31(32(29-16-8-3-9-17-29)21-18-27-13-6-2-7-14-27)35-30-25-33(23-19-28(30)20-24-33)22-10-15-26-11-4-1-5-12-26/h1-17,28,30H,18-25H2/q+1/b15-10+. The topological polar surface area (TPSA) is 29.5 Å². The van der Waals surface area contributed by atoms with Crippen molar-refractivity contribution in [3.63, 3.8) is 0 Å². The first-order valence-corrected chi connectivity index (χ1v) is 12.8. The van der Waals surface area contributed by atoms with Crippen molar-refractivity contribution in [2.75, 3.05) is 37.6 Å². The van der Waals surface area contributed by atoms with Gasteiger partial charge in [0.05, 0.1) is 19.6 Å². The molecule has 0 spiro atoms. The Morgan fingerprint density at radius 2 is 1.51 bits per heavy atom. The molecule has 0 N–H and O–H groups in total. The van der Waals surface area contributed by atoms with E-state index in [0.29, 0.717) is 12.5 Å². The minimum absolute atomic E-state index is 0.0157. The Morgan fingerprint density at radius 1 is 0.886 bits per heavy atom. The molecule has 1 unspecified atom stereocenters. The average Bonchev–Trinajstić information content (AvgIpc) is 2.91. The molecular weight excluding hydrogens is 432 g/mol. The average molecular weight is 468 g/mol. The second-order valence-corrected chi connectivity index (χ2v) is 9.95. The second-order valence-electron chi connectivity index (χ2n) is 9.95. The fourth-order valence-electron chi connectivity index (χ4n) is 5.60. The van der Waals surface area contributed by atoms with Crippen molar-refractivity contribution in [2.24, 2.45) is 5.92 Å². The third kappa shape index (κ3) is 5.83. The summed E-state index contributed by atoms with van der Waals surface area (Å²) in [5.74, 6) is 0.476. The maximum absolute atomic E-state index is 13.5. The van der Waals surface area contributed by atoms with E-state index in [1.165, 1.54) is 24.2 Å². The summed E-state index contributed by atoms with van der Waals surface area (Å²) in [5.41, 5.74) is 3.35. The molecule has 6 rings (SSSR count). The molecule has 1 atom stereocenters. The molecule has 180 valence electrons. The van der Waals surface area contributed by atoms with Gasteiger partial charge in [0.15, 0.2) is 6.10 Å². The van der Waals surface area contributed by atoms with Crippen LogP contribution in [0.5, 0.6) is 0 Å². The lowest BCUT2D eigenvalue weighted by Gasteiger charge is -2.51. The number of benzene rings is 3. The largest absolute Gasteiger partial charge is 0.440 e. The lowest BCUT2D eigenvalue weighted by molar-refractivity contribution is -0.941. The highest BCUT2D eigenvalue weighted by atomic mass is 16.6. The zero-order valence-electron chi connectivity index (χ0n) is 20.3. The SMILES string of the molecule is O=C(OC1C[N+]2(C/C=C/c3ccccc3)CCC1CC2)N(CCc1ccccc1)c1ccccc1. The molecule has 0 aromatic heterocycles. The van der Waals surface area contributed by atoms with Gasteiger partial charge in [0.2, 0.25) is 0 Å². The van der Waals surface area contributed by atoms with E-state index < -0.39 is 0 Å². The van der Waals surface area contributed by atoms with E-state index in [9.17, 15) is 4.79 Å². The van der Waals surface area contributed by atoms with Crippen LogP contribution in [0.3, 0.4) is 0 Å². The molecule has 3 saturated heterocycles. The van der Waals surface area contributed by atoms with E-state index in [2.05, 4.69) is 48.6 Å². The van der Waals surface area contributed by atoms with E-state index in [4.69, 9.17) is 4.74 Å². The summed E-state index contributed by atoms with van der Waals surface area (Å²) < 4.78 is 7.29. The molecule has 35 heavy (non-hydrogen) atoms. The number of amides is 1. The highest BCUT2D eigenvalue weighted by molar-refractivity contribution is 5.87. The molecule has 3 fully saturated rings. The van der Waals surface area contributed by atoms with Crippen LogP contribution in [0.25, 0.3) is 6.08 Å². The number of hydrogen-bond acceptors (Lipinski definition) is 2. The fraction of sp³-hybridized carbons (Fsp3) is 0.323. The van der Waals surface area contributed by atoms with Crippen molar-refractivity contribution in [3.8, 4) is 0 Å². The number of fused-ring (bicyclic) bond motifs is 3. The van der Waals surface area contributed by atoms with Crippen LogP contribution in [0, 0.1) is 5.92 Å². The normalized spacial score (nSPS) is 23.3. The van der Waals surface area contributed by atoms with Crippen LogP contribution in [0.15, 0.2) is 97.1 Å². The monoisotopic (exact) mass is 467 g/mol. The number of rotatable bonds is 8. The van der Waals surface area contributed by atoms with E-state index in [1.807, 2.05) is 59.5 Å². The summed E-state index contributed by atoms with van der Waals surface area (Å²) in [6.45, 7) is 4.86. The quantitative estimate of drug-likeness (QED) is 0.370. The van der Waals surface area contributed by atoms with E-state index in [1.54, 1.807) is 0 Å². The van der Waals surface area contributed by atoms with Gasteiger partial charge in [-0.25, -0.2) is 4.79 Å². The number of quaternary nitrogens is 1. The van der Waals surface area contributed by atoms with Crippen molar-refractivity contribution >= 4 is 17.9 Å². The van der Waals surface area contributed by atoms with Gasteiger partial charge in [-0.15, -0.1) is 0 Å². The highest BCUT2D eigenvalue weighted by Gasteiger charge is 2.47. The first-order chi connectivity index (χ1) is 17.2. The van der Waals surface area contributed by atoms with Gasteiger partial charge in [-0.1, -0.05) is 84.9 Å². The zero-order valence-corrected chi connectivity index (χ0v) is 20.3. The minimum Gasteiger partial charge on any atom is -0.440 e. The number of hydrogen-bond donors (Lipinski definition) is 0. The van der Waals surface area contributed by atoms with Crippen molar-refractivity contribution in [1.29, 1.82) is 0 Å². The number of ether oxygens (including phenoxy) is 1. The molecule has 3 aromatic carbocycles. The molecule has 3 heterocycles. The van der Waals surface area contributed by atoms with Gasteiger partial charge >= 0.3 is 6.09 Å². The molecule has 1 amide bonds. The number of nitrogens with zero attached hydrogens (tertiary/aromatic N) is 2. The van der Waals surface area contributed by atoms with E-state index in [-0.39, 0.29) is 12.2 Å². The van der Waals surface area contributed by atoms with Crippen LogP contribution >= 0.6 is 0 Å². The molecule has 4 nitrogen and oxygen atoms in total. The number of carbonyl (C=O) groups is 1. The first-order valence-electron chi connectivity index (χ1n) is 12.8. The molecule has 2 bridgehead atoms. The third-order valence-corrected chi connectivity index (χ3v) is 7.65. The molecule has 4 heteroatoms. The molecule has 0 saturated carbocycles.